The van der Waals surface area contributed by atoms with E-state index in [-0.39, 0.29) is 5.56 Å². The molecule has 0 radical (unpaired) electrons. The number of aryl methyl sites for hydroxylation is 2. The standard InChI is InChI=1S/C9H11BrN4O/c1-13-8-7(5-12-13)9(15)14(6-11-8)4-2-3-10/h5-6H,2-4H2,1H3. The minimum atomic E-state index is -0.0194. The zero-order valence-electron chi connectivity index (χ0n) is 8.35. The second-order valence-electron chi connectivity index (χ2n) is 3.29. The first-order valence-corrected chi connectivity index (χ1v) is 5.79. The Morgan fingerprint density at radius 2 is 2.33 bits per heavy atom. The Morgan fingerprint density at radius 3 is 3.07 bits per heavy atom. The maximum atomic E-state index is 11.9. The van der Waals surface area contributed by atoms with Gasteiger partial charge in [0.05, 0.1) is 12.5 Å². The second kappa shape index (κ2) is 4.14. The third kappa shape index (κ3) is 1.81. The summed E-state index contributed by atoms with van der Waals surface area (Å²) in [5.41, 5.74) is 0.615. The molecule has 0 fully saturated rings. The van der Waals surface area contributed by atoms with Crippen molar-refractivity contribution in [3.05, 3.63) is 22.9 Å². The maximum Gasteiger partial charge on any atom is 0.264 e. The number of rotatable bonds is 3. The SMILES string of the molecule is Cn1ncc2c(=O)n(CCCBr)cnc21. The van der Waals surface area contributed by atoms with Crippen LogP contribution in [0.4, 0.5) is 0 Å². The van der Waals surface area contributed by atoms with Gasteiger partial charge in [-0.05, 0) is 6.42 Å². The van der Waals surface area contributed by atoms with Crippen molar-refractivity contribution in [1.82, 2.24) is 19.3 Å². The highest BCUT2D eigenvalue weighted by molar-refractivity contribution is 9.09. The monoisotopic (exact) mass is 270 g/mol. The normalized spacial score (nSPS) is 11.1. The minimum Gasteiger partial charge on any atom is -0.299 e. The van der Waals surface area contributed by atoms with Gasteiger partial charge < -0.3 is 0 Å². The van der Waals surface area contributed by atoms with Gasteiger partial charge in [0.2, 0.25) is 0 Å². The summed E-state index contributed by atoms with van der Waals surface area (Å²) in [6.07, 6.45) is 4.05. The van der Waals surface area contributed by atoms with E-state index in [2.05, 4.69) is 26.0 Å². The van der Waals surface area contributed by atoms with E-state index in [4.69, 9.17) is 0 Å². The van der Waals surface area contributed by atoms with Crippen molar-refractivity contribution < 1.29 is 0 Å². The molecule has 0 unspecified atom stereocenters. The molecule has 0 aliphatic carbocycles. The number of alkyl halides is 1. The van der Waals surface area contributed by atoms with E-state index in [1.807, 2.05) is 0 Å². The van der Waals surface area contributed by atoms with Crippen LogP contribution in [0.5, 0.6) is 0 Å². The molecule has 2 aromatic rings. The van der Waals surface area contributed by atoms with Crippen LogP contribution in [0.2, 0.25) is 0 Å². The van der Waals surface area contributed by atoms with E-state index in [1.54, 1.807) is 28.8 Å². The van der Waals surface area contributed by atoms with Crippen molar-refractivity contribution in [3.63, 3.8) is 0 Å². The van der Waals surface area contributed by atoms with Crippen LogP contribution in [-0.2, 0) is 13.6 Å². The molecule has 0 spiro atoms. The van der Waals surface area contributed by atoms with Crippen LogP contribution < -0.4 is 5.56 Å². The number of fused-ring (bicyclic) bond motifs is 1. The highest BCUT2D eigenvalue weighted by atomic mass is 79.9. The third-order valence-corrected chi connectivity index (χ3v) is 2.81. The lowest BCUT2D eigenvalue weighted by Gasteiger charge is -2.02. The molecule has 0 bridgehead atoms. The number of hydrogen-bond acceptors (Lipinski definition) is 3. The second-order valence-corrected chi connectivity index (χ2v) is 4.08. The molecule has 0 N–H and O–H groups in total. The van der Waals surface area contributed by atoms with Crippen LogP contribution in [0.25, 0.3) is 11.0 Å². The molecular weight excluding hydrogens is 260 g/mol. The van der Waals surface area contributed by atoms with Crippen molar-refractivity contribution >= 4 is 27.0 Å². The van der Waals surface area contributed by atoms with Gasteiger partial charge in [-0.2, -0.15) is 5.10 Å². The molecule has 80 valence electrons. The van der Waals surface area contributed by atoms with Crippen LogP contribution >= 0.6 is 15.9 Å². The summed E-state index contributed by atoms with van der Waals surface area (Å²) in [5, 5.41) is 5.47. The number of hydrogen-bond donors (Lipinski definition) is 0. The van der Waals surface area contributed by atoms with E-state index >= 15 is 0 Å². The zero-order chi connectivity index (χ0) is 10.8. The predicted octanol–water partition coefficient (Wildman–Crippen LogP) is 0.915. The first kappa shape index (κ1) is 10.4. The average Bonchev–Trinajstić information content (AvgIpc) is 2.61. The largest absolute Gasteiger partial charge is 0.299 e. The maximum absolute atomic E-state index is 11.9. The Balaban J connectivity index is 2.51. The smallest absolute Gasteiger partial charge is 0.264 e. The van der Waals surface area contributed by atoms with Crippen molar-refractivity contribution in [3.8, 4) is 0 Å². The summed E-state index contributed by atoms with van der Waals surface area (Å²) in [6.45, 7) is 0.682. The van der Waals surface area contributed by atoms with Crippen LogP contribution in [-0.4, -0.2) is 24.7 Å². The molecule has 2 aromatic heterocycles. The lowest BCUT2D eigenvalue weighted by atomic mass is 10.4. The van der Waals surface area contributed by atoms with Gasteiger partial charge >= 0.3 is 0 Å². The van der Waals surface area contributed by atoms with Crippen LogP contribution in [0.1, 0.15) is 6.42 Å². The highest BCUT2D eigenvalue weighted by Crippen LogP contribution is 2.03. The average molecular weight is 271 g/mol. The minimum absolute atomic E-state index is 0.0194. The highest BCUT2D eigenvalue weighted by Gasteiger charge is 2.06. The fourth-order valence-electron chi connectivity index (χ4n) is 1.46. The summed E-state index contributed by atoms with van der Waals surface area (Å²) in [7, 11) is 1.78. The Bertz CT molecular complexity index is 530. The lowest BCUT2D eigenvalue weighted by Crippen LogP contribution is -2.20. The molecule has 0 aliphatic heterocycles. The van der Waals surface area contributed by atoms with Crippen molar-refractivity contribution in [2.45, 2.75) is 13.0 Å². The van der Waals surface area contributed by atoms with Crippen LogP contribution in [0.15, 0.2) is 17.3 Å². The summed E-state index contributed by atoms with van der Waals surface area (Å²) >= 11 is 3.33. The Morgan fingerprint density at radius 1 is 1.53 bits per heavy atom. The molecule has 0 aromatic carbocycles. The van der Waals surface area contributed by atoms with Gasteiger partial charge in [-0.15, -0.1) is 0 Å². The van der Waals surface area contributed by atoms with Gasteiger partial charge in [0, 0.05) is 18.9 Å². The number of nitrogens with zero attached hydrogens (tertiary/aromatic N) is 4. The Hall–Kier alpha value is -1.17. The zero-order valence-corrected chi connectivity index (χ0v) is 9.94. The number of aromatic nitrogens is 4. The summed E-state index contributed by atoms with van der Waals surface area (Å²) < 4.78 is 3.22. The molecule has 5 nitrogen and oxygen atoms in total. The van der Waals surface area contributed by atoms with Gasteiger partial charge in [-0.25, -0.2) is 4.98 Å². The molecule has 0 amide bonds. The van der Waals surface area contributed by atoms with Crippen LogP contribution in [0.3, 0.4) is 0 Å². The van der Waals surface area contributed by atoms with Gasteiger partial charge in [0.15, 0.2) is 5.65 Å². The first-order valence-electron chi connectivity index (χ1n) is 4.67. The quantitative estimate of drug-likeness (QED) is 0.780. The number of halogens is 1. The van der Waals surface area contributed by atoms with Crippen molar-refractivity contribution in [2.75, 3.05) is 5.33 Å². The molecule has 0 atom stereocenters. The van der Waals surface area contributed by atoms with Crippen LogP contribution in [0, 0.1) is 0 Å². The molecule has 0 saturated carbocycles. The summed E-state index contributed by atoms with van der Waals surface area (Å²) in [5.74, 6) is 0. The van der Waals surface area contributed by atoms with E-state index in [9.17, 15) is 4.79 Å². The van der Waals surface area contributed by atoms with E-state index in [0.29, 0.717) is 17.6 Å². The van der Waals surface area contributed by atoms with E-state index < -0.39 is 0 Å². The van der Waals surface area contributed by atoms with Gasteiger partial charge in [0.25, 0.3) is 5.56 Å². The first-order chi connectivity index (χ1) is 7.24. The van der Waals surface area contributed by atoms with E-state index in [0.717, 1.165) is 11.8 Å². The van der Waals surface area contributed by atoms with Crippen molar-refractivity contribution in [2.24, 2.45) is 7.05 Å². The summed E-state index contributed by atoms with van der Waals surface area (Å²) in [4.78, 5) is 16.1. The predicted molar refractivity (Wildman–Crippen MR) is 61.2 cm³/mol. The van der Waals surface area contributed by atoms with Gasteiger partial charge in [-0.1, -0.05) is 15.9 Å². The molecule has 6 heteroatoms. The fraction of sp³-hybridized carbons (Fsp3) is 0.444. The lowest BCUT2D eigenvalue weighted by molar-refractivity contribution is 0.651. The molecule has 0 saturated heterocycles. The van der Waals surface area contributed by atoms with Gasteiger partial charge in [0.1, 0.15) is 5.39 Å². The third-order valence-electron chi connectivity index (χ3n) is 2.25. The topological polar surface area (TPSA) is 52.7 Å². The summed E-state index contributed by atoms with van der Waals surface area (Å²) in [6, 6.07) is 0. The molecular formula is C9H11BrN4O. The van der Waals surface area contributed by atoms with Crippen molar-refractivity contribution in [1.29, 1.82) is 0 Å². The molecule has 0 aliphatic rings. The Kier molecular flexibility index (Phi) is 2.86. The molecule has 2 heterocycles. The molecule has 2 rings (SSSR count). The van der Waals surface area contributed by atoms with Gasteiger partial charge in [-0.3, -0.25) is 14.0 Å². The molecule has 15 heavy (non-hydrogen) atoms. The van der Waals surface area contributed by atoms with E-state index in [1.165, 1.54) is 0 Å². The fourth-order valence-corrected chi connectivity index (χ4v) is 1.71. The Labute approximate surface area is 94.9 Å².